The van der Waals surface area contributed by atoms with Crippen molar-refractivity contribution in [1.82, 2.24) is 0 Å². The highest BCUT2D eigenvalue weighted by Crippen LogP contribution is 2.33. The minimum absolute atomic E-state index is 0.307. The van der Waals surface area contributed by atoms with Gasteiger partial charge in [-0.25, -0.2) is 9.59 Å². The van der Waals surface area contributed by atoms with Crippen LogP contribution in [0.5, 0.6) is 0 Å². The van der Waals surface area contributed by atoms with Gasteiger partial charge in [-0.2, -0.15) is 0 Å². The van der Waals surface area contributed by atoms with E-state index in [1.165, 1.54) is 6.08 Å². The number of hydrogen-bond donors (Lipinski definition) is 0. The molecule has 1 rings (SSSR count). The smallest absolute Gasteiger partial charge is 0.336 e. The summed E-state index contributed by atoms with van der Waals surface area (Å²) < 4.78 is 10.7. The van der Waals surface area contributed by atoms with E-state index in [1.54, 1.807) is 19.9 Å². The maximum atomic E-state index is 11.6. The molecule has 0 N–H and O–H groups in total. The summed E-state index contributed by atoms with van der Waals surface area (Å²) in [5, 5.41) is 0. The van der Waals surface area contributed by atoms with Crippen LogP contribution >= 0.6 is 0 Å². The van der Waals surface area contributed by atoms with Crippen LogP contribution in [0.15, 0.2) is 24.3 Å². The predicted octanol–water partition coefficient (Wildman–Crippen LogP) is 2.89. The number of hydrogen-bond acceptors (Lipinski definition) is 4. The Labute approximate surface area is 108 Å². The maximum Gasteiger partial charge on any atom is 0.336 e. The molecule has 0 radical (unpaired) electrons. The molecule has 0 spiro atoms. The van der Waals surface area contributed by atoms with Crippen LogP contribution in [-0.2, 0) is 19.1 Å². The van der Waals surface area contributed by atoms with E-state index in [4.69, 9.17) is 9.47 Å². The van der Waals surface area contributed by atoms with Gasteiger partial charge in [0.15, 0.2) is 0 Å². The fourth-order valence-corrected chi connectivity index (χ4v) is 1.92. The summed E-state index contributed by atoms with van der Waals surface area (Å²) in [6, 6.07) is 0. The van der Waals surface area contributed by atoms with Crippen LogP contribution < -0.4 is 0 Å². The van der Waals surface area contributed by atoms with Crippen LogP contribution in [0, 0.1) is 0 Å². The summed E-state index contributed by atoms with van der Waals surface area (Å²) in [6.45, 7) is 6.85. The largest absolute Gasteiger partial charge is 0.419 e. The van der Waals surface area contributed by atoms with Gasteiger partial charge in [0.1, 0.15) is 0 Å². The number of carbonyl (C=O) groups is 2. The minimum atomic E-state index is -1.11. The molecule has 0 heterocycles. The van der Waals surface area contributed by atoms with Crippen molar-refractivity contribution in [3.8, 4) is 0 Å². The second-order valence-corrected chi connectivity index (χ2v) is 4.56. The molecular weight excluding hydrogens is 232 g/mol. The second-order valence-electron chi connectivity index (χ2n) is 4.56. The zero-order valence-corrected chi connectivity index (χ0v) is 11.0. The molecule has 0 unspecified atom stereocenters. The molecule has 4 heteroatoms. The first-order valence-electron chi connectivity index (χ1n) is 6.23. The average molecular weight is 252 g/mol. The van der Waals surface area contributed by atoms with Gasteiger partial charge in [0.2, 0.25) is 0 Å². The van der Waals surface area contributed by atoms with Crippen LogP contribution in [0.2, 0.25) is 0 Å². The Bertz CT molecular complexity index is 362. The number of rotatable bonds is 4. The van der Waals surface area contributed by atoms with Crippen LogP contribution in [0.1, 0.15) is 46.0 Å². The summed E-state index contributed by atoms with van der Waals surface area (Å²) in [5.74, 6) is -2.09. The molecule has 4 nitrogen and oxygen atoms in total. The Morgan fingerprint density at radius 3 is 2.28 bits per heavy atom. The van der Waals surface area contributed by atoms with Crippen LogP contribution in [0.3, 0.4) is 0 Å². The number of esters is 2. The zero-order chi connectivity index (χ0) is 13.6. The van der Waals surface area contributed by atoms with E-state index >= 15 is 0 Å². The molecule has 0 aromatic rings. The SMILES string of the molecule is C=C(C)C(=O)OC1(OC(=O)/C=C/C)CCCCC1. The van der Waals surface area contributed by atoms with Crippen LogP contribution in [0.4, 0.5) is 0 Å². The lowest BCUT2D eigenvalue weighted by Crippen LogP contribution is -2.41. The lowest BCUT2D eigenvalue weighted by Gasteiger charge is -2.35. The van der Waals surface area contributed by atoms with Crippen molar-refractivity contribution in [2.45, 2.75) is 51.7 Å². The van der Waals surface area contributed by atoms with Gasteiger partial charge >= 0.3 is 11.9 Å². The Hall–Kier alpha value is -1.58. The Morgan fingerprint density at radius 1 is 1.17 bits per heavy atom. The molecule has 0 bridgehead atoms. The molecule has 0 saturated heterocycles. The Kier molecular flexibility index (Phi) is 5.13. The molecule has 1 aliphatic carbocycles. The molecular formula is C14H20O4. The van der Waals surface area contributed by atoms with Crippen molar-refractivity contribution >= 4 is 11.9 Å². The molecule has 0 amide bonds. The number of allylic oxidation sites excluding steroid dienone is 1. The van der Waals surface area contributed by atoms with E-state index in [2.05, 4.69) is 6.58 Å². The first kappa shape index (κ1) is 14.5. The quantitative estimate of drug-likeness (QED) is 0.438. The summed E-state index contributed by atoms with van der Waals surface area (Å²) >= 11 is 0. The van der Waals surface area contributed by atoms with Crippen molar-refractivity contribution < 1.29 is 19.1 Å². The van der Waals surface area contributed by atoms with Crippen molar-refractivity contribution in [3.05, 3.63) is 24.3 Å². The van der Waals surface area contributed by atoms with E-state index in [0.717, 1.165) is 19.3 Å². The van der Waals surface area contributed by atoms with Gasteiger partial charge in [0, 0.05) is 24.5 Å². The van der Waals surface area contributed by atoms with Crippen molar-refractivity contribution in [2.75, 3.05) is 0 Å². The van der Waals surface area contributed by atoms with E-state index in [-0.39, 0.29) is 0 Å². The summed E-state index contributed by atoms with van der Waals surface area (Å²) in [7, 11) is 0. The molecule has 100 valence electrons. The monoisotopic (exact) mass is 252 g/mol. The van der Waals surface area contributed by atoms with E-state index < -0.39 is 17.7 Å². The van der Waals surface area contributed by atoms with Gasteiger partial charge in [-0.05, 0) is 26.7 Å². The topological polar surface area (TPSA) is 52.6 Å². The molecule has 0 atom stereocenters. The highest BCUT2D eigenvalue weighted by molar-refractivity contribution is 5.87. The lowest BCUT2D eigenvalue weighted by atomic mass is 9.94. The Balaban J connectivity index is 2.77. The third-order valence-corrected chi connectivity index (χ3v) is 2.83. The minimum Gasteiger partial charge on any atom is -0.419 e. The normalized spacial score (nSPS) is 18.3. The van der Waals surface area contributed by atoms with Gasteiger partial charge in [0.05, 0.1) is 0 Å². The number of ether oxygens (including phenoxy) is 2. The van der Waals surface area contributed by atoms with Crippen LogP contribution in [0.25, 0.3) is 0 Å². The standard InChI is InChI=1S/C14H20O4/c1-4-8-12(15)17-14(9-6-5-7-10-14)18-13(16)11(2)3/h4,8H,2,5-7,9-10H2,1,3H3/b8-4+. The van der Waals surface area contributed by atoms with E-state index in [1.807, 2.05) is 0 Å². The fourth-order valence-electron chi connectivity index (χ4n) is 1.92. The van der Waals surface area contributed by atoms with Gasteiger partial charge in [-0.3, -0.25) is 0 Å². The van der Waals surface area contributed by atoms with Crippen LogP contribution in [-0.4, -0.2) is 17.7 Å². The second kappa shape index (κ2) is 6.38. The third kappa shape index (κ3) is 4.02. The predicted molar refractivity (Wildman–Crippen MR) is 67.6 cm³/mol. The average Bonchev–Trinajstić information content (AvgIpc) is 2.29. The molecule has 1 fully saturated rings. The maximum absolute atomic E-state index is 11.6. The van der Waals surface area contributed by atoms with E-state index in [0.29, 0.717) is 18.4 Å². The molecule has 1 aliphatic rings. The van der Waals surface area contributed by atoms with Gasteiger partial charge in [0.25, 0.3) is 5.79 Å². The van der Waals surface area contributed by atoms with Gasteiger partial charge in [-0.1, -0.05) is 19.1 Å². The van der Waals surface area contributed by atoms with Gasteiger partial charge < -0.3 is 9.47 Å². The fraction of sp³-hybridized carbons (Fsp3) is 0.571. The first-order valence-corrected chi connectivity index (χ1v) is 6.23. The highest BCUT2D eigenvalue weighted by atomic mass is 16.7. The molecule has 18 heavy (non-hydrogen) atoms. The summed E-state index contributed by atoms with van der Waals surface area (Å²) in [6.07, 6.45) is 6.85. The molecule has 1 saturated carbocycles. The third-order valence-electron chi connectivity index (χ3n) is 2.83. The molecule has 0 aliphatic heterocycles. The summed E-state index contributed by atoms with van der Waals surface area (Å²) in [5.41, 5.74) is 0.307. The lowest BCUT2D eigenvalue weighted by molar-refractivity contribution is -0.233. The molecule has 0 aromatic carbocycles. The highest BCUT2D eigenvalue weighted by Gasteiger charge is 2.39. The number of carbonyl (C=O) groups excluding carboxylic acids is 2. The van der Waals surface area contributed by atoms with Crippen molar-refractivity contribution in [2.24, 2.45) is 0 Å². The Morgan fingerprint density at radius 2 is 1.78 bits per heavy atom. The van der Waals surface area contributed by atoms with Crippen molar-refractivity contribution in [3.63, 3.8) is 0 Å². The van der Waals surface area contributed by atoms with E-state index in [9.17, 15) is 9.59 Å². The first-order chi connectivity index (χ1) is 8.49. The summed E-state index contributed by atoms with van der Waals surface area (Å²) in [4.78, 5) is 23.2. The zero-order valence-electron chi connectivity index (χ0n) is 11.0. The van der Waals surface area contributed by atoms with Crippen molar-refractivity contribution in [1.29, 1.82) is 0 Å². The van der Waals surface area contributed by atoms with Gasteiger partial charge in [-0.15, -0.1) is 0 Å². The molecule has 0 aromatic heterocycles.